The summed E-state index contributed by atoms with van der Waals surface area (Å²) >= 11 is 0. The molecule has 20 heavy (non-hydrogen) atoms. The van der Waals surface area contributed by atoms with Gasteiger partial charge in [-0.15, -0.1) is 0 Å². The maximum atomic E-state index is 10.9. The minimum absolute atomic E-state index is 0.375. The topological polar surface area (TPSA) is 84.6 Å². The van der Waals surface area contributed by atoms with Gasteiger partial charge in [-0.3, -0.25) is 9.69 Å². The quantitative estimate of drug-likeness (QED) is 0.787. The number of nitriles is 1. The molecular weight excluding hydrogens is 256 g/mol. The summed E-state index contributed by atoms with van der Waals surface area (Å²) in [5.74, 6) is -1.34. The highest BCUT2D eigenvalue weighted by molar-refractivity contribution is 5.69. The predicted octanol–water partition coefficient (Wildman–Crippen LogP) is 1.46. The van der Waals surface area contributed by atoms with Crippen molar-refractivity contribution >= 4 is 5.97 Å². The number of aliphatic hydroxyl groups excluding tert-OH is 1. The first kappa shape index (κ1) is 16.2. The van der Waals surface area contributed by atoms with Crippen molar-refractivity contribution < 1.29 is 15.0 Å². The molecule has 0 saturated heterocycles. The molecule has 2 N–H and O–H groups in total. The fourth-order valence-corrected chi connectivity index (χ4v) is 1.99. The van der Waals surface area contributed by atoms with Crippen LogP contribution in [0.15, 0.2) is 24.3 Å². The maximum absolute atomic E-state index is 10.9. The zero-order valence-corrected chi connectivity index (χ0v) is 11.8. The SMILES string of the molecule is CC(O)CN(Cc1ccc(C#N)cc1)CC(C)C(=O)O. The molecule has 108 valence electrons. The number of hydrogen-bond donors (Lipinski definition) is 2. The smallest absolute Gasteiger partial charge is 0.307 e. The van der Waals surface area contributed by atoms with Crippen molar-refractivity contribution in [3.05, 3.63) is 35.4 Å². The normalized spacial score (nSPS) is 13.8. The molecule has 5 nitrogen and oxygen atoms in total. The Kier molecular flexibility index (Phi) is 6.16. The molecule has 5 heteroatoms. The summed E-state index contributed by atoms with van der Waals surface area (Å²) in [6.07, 6.45) is -0.519. The van der Waals surface area contributed by atoms with E-state index in [-0.39, 0.29) is 0 Å². The highest BCUT2D eigenvalue weighted by Gasteiger charge is 2.17. The molecule has 0 aromatic heterocycles. The van der Waals surface area contributed by atoms with Gasteiger partial charge >= 0.3 is 5.97 Å². The van der Waals surface area contributed by atoms with E-state index >= 15 is 0 Å². The third-order valence-corrected chi connectivity index (χ3v) is 2.97. The molecule has 1 aromatic rings. The molecule has 0 aliphatic rings. The van der Waals surface area contributed by atoms with Crippen LogP contribution in [0.2, 0.25) is 0 Å². The molecule has 2 atom stereocenters. The van der Waals surface area contributed by atoms with Crippen molar-refractivity contribution in [1.82, 2.24) is 4.90 Å². The van der Waals surface area contributed by atoms with Crippen molar-refractivity contribution in [3.63, 3.8) is 0 Å². The number of nitrogens with zero attached hydrogens (tertiary/aromatic N) is 2. The van der Waals surface area contributed by atoms with Crippen molar-refractivity contribution in [1.29, 1.82) is 5.26 Å². The van der Waals surface area contributed by atoms with Gasteiger partial charge in [0.1, 0.15) is 0 Å². The Labute approximate surface area is 119 Å². The molecule has 0 amide bonds. The van der Waals surface area contributed by atoms with E-state index in [1.165, 1.54) is 0 Å². The second-order valence-electron chi connectivity index (χ2n) is 5.09. The molecule has 0 spiro atoms. The van der Waals surface area contributed by atoms with Crippen LogP contribution in [0.5, 0.6) is 0 Å². The van der Waals surface area contributed by atoms with E-state index in [9.17, 15) is 9.90 Å². The van der Waals surface area contributed by atoms with Crippen LogP contribution in [0.4, 0.5) is 0 Å². The molecular formula is C15H20N2O3. The molecule has 1 aromatic carbocycles. The van der Waals surface area contributed by atoms with Gasteiger partial charge in [0.05, 0.1) is 23.7 Å². The minimum atomic E-state index is -0.847. The highest BCUT2D eigenvalue weighted by Crippen LogP contribution is 2.10. The summed E-state index contributed by atoms with van der Waals surface area (Å²) in [5, 5.41) is 27.2. The van der Waals surface area contributed by atoms with E-state index in [0.717, 1.165) is 5.56 Å². The number of carboxylic acid groups (broad SMARTS) is 1. The van der Waals surface area contributed by atoms with Gasteiger partial charge in [0.25, 0.3) is 0 Å². The summed E-state index contributed by atoms with van der Waals surface area (Å²) in [7, 11) is 0. The number of carbonyl (C=O) groups is 1. The summed E-state index contributed by atoms with van der Waals surface area (Å²) in [5.41, 5.74) is 1.58. The molecule has 2 unspecified atom stereocenters. The van der Waals surface area contributed by atoms with Crippen molar-refractivity contribution in [3.8, 4) is 6.07 Å². The first-order valence-electron chi connectivity index (χ1n) is 6.54. The Balaban J connectivity index is 2.72. The lowest BCUT2D eigenvalue weighted by Crippen LogP contribution is -2.36. The van der Waals surface area contributed by atoms with Gasteiger partial charge in [0.15, 0.2) is 0 Å². The van der Waals surface area contributed by atoms with Crippen LogP contribution in [0.25, 0.3) is 0 Å². The van der Waals surface area contributed by atoms with E-state index in [0.29, 0.717) is 25.2 Å². The summed E-state index contributed by atoms with van der Waals surface area (Å²) in [6.45, 7) is 4.67. The zero-order valence-electron chi connectivity index (χ0n) is 11.8. The van der Waals surface area contributed by atoms with E-state index in [1.807, 2.05) is 17.0 Å². The third kappa shape index (κ3) is 5.39. The van der Waals surface area contributed by atoms with Gasteiger partial charge in [-0.1, -0.05) is 19.1 Å². The molecule has 0 radical (unpaired) electrons. The molecule has 0 aliphatic carbocycles. The number of benzene rings is 1. The van der Waals surface area contributed by atoms with E-state index in [2.05, 4.69) is 6.07 Å². The largest absolute Gasteiger partial charge is 0.481 e. The number of hydrogen-bond acceptors (Lipinski definition) is 4. The van der Waals surface area contributed by atoms with E-state index in [1.54, 1.807) is 26.0 Å². The molecule has 0 bridgehead atoms. The lowest BCUT2D eigenvalue weighted by atomic mass is 10.1. The number of rotatable bonds is 7. The molecule has 0 heterocycles. The van der Waals surface area contributed by atoms with Gasteiger partial charge in [0, 0.05) is 19.6 Å². The van der Waals surface area contributed by atoms with Crippen LogP contribution in [-0.4, -0.2) is 40.3 Å². The van der Waals surface area contributed by atoms with Crippen LogP contribution in [0, 0.1) is 17.2 Å². The number of aliphatic hydroxyl groups is 1. The first-order valence-corrected chi connectivity index (χ1v) is 6.54. The summed E-state index contributed by atoms with van der Waals surface area (Å²) in [6, 6.07) is 9.21. The number of aliphatic carboxylic acids is 1. The molecule has 0 aliphatic heterocycles. The van der Waals surface area contributed by atoms with Crippen molar-refractivity contribution in [2.24, 2.45) is 5.92 Å². The van der Waals surface area contributed by atoms with Gasteiger partial charge < -0.3 is 10.2 Å². The first-order chi connectivity index (χ1) is 9.42. The monoisotopic (exact) mass is 276 g/mol. The Morgan fingerprint density at radius 2 is 1.90 bits per heavy atom. The standard InChI is InChI=1S/C15H20N2O3/c1-11(15(19)20)8-17(9-12(2)18)10-14-5-3-13(7-16)4-6-14/h3-6,11-12,18H,8-10H2,1-2H3,(H,19,20). The summed E-state index contributed by atoms with van der Waals surface area (Å²) < 4.78 is 0. The molecule has 0 fully saturated rings. The van der Waals surface area contributed by atoms with Crippen LogP contribution in [0.3, 0.4) is 0 Å². The van der Waals surface area contributed by atoms with Gasteiger partial charge in [-0.05, 0) is 24.6 Å². The third-order valence-electron chi connectivity index (χ3n) is 2.97. The average Bonchev–Trinajstić information content (AvgIpc) is 2.38. The van der Waals surface area contributed by atoms with Crippen LogP contribution in [0.1, 0.15) is 25.0 Å². The average molecular weight is 276 g/mol. The maximum Gasteiger partial charge on any atom is 0.307 e. The lowest BCUT2D eigenvalue weighted by Gasteiger charge is -2.25. The van der Waals surface area contributed by atoms with Crippen molar-refractivity contribution in [2.75, 3.05) is 13.1 Å². The van der Waals surface area contributed by atoms with Crippen LogP contribution >= 0.6 is 0 Å². The Hall–Kier alpha value is -1.90. The van der Waals surface area contributed by atoms with Crippen molar-refractivity contribution in [2.45, 2.75) is 26.5 Å². The Morgan fingerprint density at radius 3 is 2.35 bits per heavy atom. The minimum Gasteiger partial charge on any atom is -0.481 e. The molecule has 0 saturated carbocycles. The van der Waals surface area contributed by atoms with E-state index < -0.39 is 18.0 Å². The predicted molar refractivity (Wildman–Crippen MR) is 74.9 cm³/mol. The fourth-order valence-electron chi connectivity index (χ4n) is 1.99. The summed E-state index contributed by atoms with van der Waals surface area (Å²) in [4.78, 5) is 12.8. The second-order valence-corrected chi connectivity index (χ2v) is 5.09. The fraction of sp³-hybridized carbons (Fsp3) is 0.467. The Bertz CT molecular complexity index is 477. The Morgan fingerprint density at radius 1 is 1.30 bits per heavy atom. The number of carboxylic acids is 1. The van der Waals surface area contributed by atoms with E-state index in [4.69, 9.17) is 10.4 Å². The zero-order chi connectivity index (χ0) is 15.1. The van der Waals surface area contributed by atoms with Gasteiger partial charge in [0.2, 0.25) is 0 Å². The van der Waals surface area contributed by atoms with Gasteiger partial charge in [-0.25, -0.2) is 0 Å². The molecule has 1 rings (SSSR count). The van der Waals surface area contributed by atoms with Crippen LogP contribution < -0.4 is 0 Å². The second kappa shape index (κ2) is 7.63. The van der Waals surface area contributed by atoms with Gasteiger partial charge in [-0.2, -0.15) is 5.26 Å². The lowest BCUT2D eigenvalue weighted by molar-refractivity contribution is -0.141. The highest BCUT2D eigenvalue weighted by atomic mass is 16.4. The van der Waals surface area contributed by atoms with Crippen LogP contribution in [-0.2, 0) is 11.3 Å².